The number of hydrogen-bond acceptors (Lipinski definition) is 5. The molecule has 0 aliphatic rings. The average Bonchev–Trinajstić information content (AvgIpc) is 2.77. The van der Waals surface area contributed by atoms with E-state index in [9.17, 15) is 9.90 Å². The molecule has 4 nitrogen and oxygen atoms in total. The summed E-state index contributed by atoms with van der Waals surface area (Å²) in [5, 5.41) is 10.0. The minimum absolute atomic E-state index is 0.169. The summed E-state index contributed by atoms with van der Waals surface area (Å²) in [6.07, 6.45) is 1.74. The molecular weight excluding hydrogens is 250 g/mol. The minimum Gasteiger partial charge on any atom is -0.508 e. The van der Waals surface area contributed by atoms with E-state index in [0.29, 0.717) is 11.5 Å². The molecule has 5 heteroatoms. The molecule has 1 aromatic heterocycles. The number of nitrogens with zero attached hydrogens (tertiary/aromatic N) is 1. The van der Waals surface area contributed by atoms with Crippen molar-refractivity contribution in [3.8, 4) is 5.75 Å². The summed E-state index contributed by atoms with van der Waals surface area (Å²) >= 11 is 1.48. The van der Waals surface area contributed by atoms with Crippen LogP contribution in [0, 0.1) is 6.92 Å². The summed E-state index contributed by atoms with van der Waals surface area (Å²) in [5.41, 5.74) is -0.157. The SMILES string of the molecule is Cc1cnc(C(C)(OC=O)c2ccc(O)cc2)s1. The molecule has 0 saturated carbocycles. The fourth-order valence-corrected chi connectivity index (χ4v) is 2.57. The number of carbonyl (C=O) groups is 1. The maximum atomic E-state index is 10.7. The highest BCUT2D eigenvalue weighted by Gasteiger charge is 2.34. The summed E-state index contributed by atoms with van der Waals surface area (Å²) in [7, 11) is 0. The van der Waals surface area contributed by atoms with E-state index < -0.39 is 5.60 Å². The fraction of sp³-hybridized carbons (Fsp3) is 0.231. The molecule has 0 spiro atoms. The van der Waals surface area contributed by atoms with Crippen LogP contribution in [0.1, 0.15) is 22.4 Å². The van der Waals surface area contributed by atoms with Gasteiger partial charge in [0.2, 0.25) is 0 Å². The molecule has 1 atom stereocenters. The van der Waals surface area contributed by atoms with Crippen LogP contribution in [0.3, 0.4) is 0 Å². The topological polar surface area (TPSA) is 59.4 Å². The molecule has 2 aromatic rings. The smallest absolute Gasteiger partial charge is 0.294 e. The molecule has 1 N–H and O–H groups in total. The highest BCUT2D eigenvalue weighted by atomic mass is 32.1. The van der Waals surface area contributed by atoms with E-state index in [4.69, 9.17) is 4.74 Å². The van der Waals surface area contributed by atoms with Crippen LogP contribution in [0.15, 0.2) is 30.5 Å². The molecule has 0 fully saturated rings. The number of phenols is 1. The lowest BCUT2D eigenvalue weighted by Gasteiger charge is -2.25. The minimum atomic E-state index is -0.922. The van der Waals surface area contributed by atoms with Gasteiger partial charge in [-0.05, 0) is 26.0 Å². The van der Waals surface area contributed by atoms with E-state index in [1.54, 1.807) is 37.4 Å². The number of hydrogen-bond donors (Lipinski definition) is 1. The van der Waals surface area contributed by atoms with Crippen molar-refractivity contribution in [3.63, 3.8) is 0 Å². The van der Waals surface area contributed by atoms with Crippen molar-refractivity contribution in [1.82, 2.24) is 4.98 Å². The molecular formula is C13H13NO3S. The second kappa shape index (κ2) is 4.78. The zero-order valence-electron chi connectivity index (χ0n) is 10.1. The van der Waals surface area contributed by atoms with Gasteiger partial charge >= 0.3 is 0 Å². The van der Waals surface area contributed by atoms with Gasteiger partial charge in [-0.3, -0.25) is 4.79 Å². The van der Waals surface area contributed by atoms with Crippen molar-refractivity contribution in [2.75, 3.05) is 0 Å². The molecule has 0 saturated heterocycles. The van der Waals surface area contributed by atoms with Gasteiger partial charge in [-0.2, -0.15) is 0 Å². The maximum absolute atomic E-state index is 10.7. The highest BCUT2D eigenvalue weighted by Crippen LogP contribution is 2.35. The number of aryl methyl sites for hydroxylation is 1. The van der Waals surface area contributed by atoms with Crippen molar-refractivity contribution < 1.29 is 14.6 Å². The second-order valence-electron chi connectivity index (χ2n) is 4.07. The third kappa shape index (κ3) is 2.22. The fourth-order valence-electron chi connectivity index (χ4n) is 1.69. The van der Waals surface area contributed by atoms with Crippen molar-refractivity contribution in [2.24, 2.45) is 0 Å². The molecule has 1 heterocycles. The molecule has 0 amide bonds. The van der Waals surface area contributed by atoms with Crippen LogP contribution in [0.2, 0.25) is 0 Å². The quantitative estimate of drug-likeness (QED) is 0.861. The molecule has 1 aromatic carbocycles. The molecule has 0 bridgehead atoms. The van der Waals surface area contributed by atoms with Gasteiger partial charge in [0.15, 0.2) is 5.60 Å². The van der Waals surface area contributed by atoms with Crippen molar-refractivity contribution >= 4 is 17.8 Å². The van der Waals surface area contributed by atoms with Gasteiger partial charge in [-0.25, -0.2) is 4.98 Å². The van der Waals surface area contributed by atoms with Gasteiger partial charge in [0.1, 0.15) is 10.8 Å². The first-order valence-corrected chi connectivity index (χ1v) is 6.22. The monoisotopic (exact) mass is 263 g/mol. The summed E-state index contributed by atoms with van der Waals surface area (Å²) < 4.78 is 5.24. The van der Waals surface area contributed by atoms with E-state index in [-0.39, 0.29) is 5.75 Å². The summed E-state index contributed by atoms with van der Waals surface area (Å²) in [4.78, 5) is 16.1. The van der Waals surface area contributed by atoms with Gasteiger partial charge in [0, 0.05) is 16.6 Å². The van der Waals surface area contributed by atoms with Crippen molar-refractivity contribution in [3.05, 3.63) is 45.9 Å². The van der Waals surface area contributed by atoms with Crippen LogP contribution in [-0.4, -0.2) is 16.6 Å². The Labute approximate surface area is 109 Å². The lowest BCUT2D eigenvalue weighted by molar-refractivity contribution is -0.139. The number of phenolic OH excluding ortho intramolecular Hbond substituents is 1. The zero-order chi connectivity index (χ0) is 13.2. The molecule has 94 valence electrons. The van der Waals surface area contributed by atoms with Crippen molar-refractivity contribution in [1.29, 1.82) is 0 Å². The van der Waals surface area contributed by atoms with E-state index in [2.05, 4.69) is 4.98 Å². The van der Waals surface area contributed by atoms with Gasteiger partial charge in [0.05, 0.1) is 0 Å². The van der Waals surface area contributed by atoms with Gasteiger partial charge in [-0.1, -0.05) is 12.1 Å². The van der Waals surface area contributed by atoms with E-state index >= 15 is 0 Å². The highest BCUT2D eigenvalue weighted by molar-refractivity contribution is 7.11. The predicted octanol–water partition coefficient (Wildman–Crippen LogP) is 2.59. The third-order valence-electron chi connectivity index (χ3n) is 2.73. The van der Waals surface area contributed by atoms with Crippen molar-refractivity contribution in [2.45, 2.75) is 19.4 Å². The van der Waals surface area contributed by atoms with E-state index in [1.807, 2.05) is 6.92 Å². The zero-order valence-corrected chi connectivity index (χ0v) is 10.9. The molecule has 1 unspecified atom stereocenters. The first-order chi connectivity index (χ1) is 8.56. The second-order valence-corrected chi connectivity index (χ2v) is 5.31. The Morgan fingerprint density at radius 1 is 1.39 bits per heavy atom. The largest absolute Gasteiger partial charge is 0.508 e. The van der Waals surface area contributed by atoms with Gasteiger partial charge < -0.3 is 9.84 Å². The number of aromatic hydroxyl groups is 1. The number of carbonyl (C=O) groups excluding carboxylic acids is 1. The first-order valence-electron chi connectivity index (χ1n) is 5.40. The molecule has 0 aliphatic carbocycles. The maximum Gasteiger partial charge on any atom is 0.294 e. The van der Waals surface area contributed by atoms with Crippen LogP contribution in [-0.2, 0) is 15.1 Å². The van der Waals surface area contributed by atoms with Crippen LogP contribution in [0.4, 0.5) is 0 Å². The number of aromatic nitrogens is 1. The Bertz CT molecular complexity index is 550. The summed E-state index contributed by atoms with van der Waals surface area (Å²) in [5.74, 6) is 0.169. The van der Waals surface area contributed by atoms with Crippen LogP contribution in [0.25, 0.3) is 0 Å². The standard InChI is InChI=1S/C13H13NO3S/c1-9-7-14-12(18-9)13(2,17-8-15)10-3-5-11(16)6-4-10/h3-8,16H,1-2H3. The average molecular weight is 263 g/mol. The van der Waals surface area contributed by atoms with Crippen LogP contribution in [0.5, 0.6) is 5.75 Å². The van der Waals surface area contributed by atoms with Crippen LogP contribution >= 0.6 is 11.3 Å². The van der Waals surface area contributed by atoms with E-state index in [1.165, 1.54) is 11.3 Å². The Morgan fingerprint density at radius 2 is 2.06 bits per heavy atom. The predicted molar refractivity (Wildman–Crippen MR) is 68.6 cm³/mol. The number of benzene rings is 1. The Kier molecular flexibility index (Phi) is 3.34. The van der Waals surface area contributed by atoms with E-state index in [0.717, 1.165) is 10.4 Å². The third-order valence-corrected chi connectivity index (χ3v) is 3.85. The normalized spacial score (nSPS) is 13.9. The summed E-state index contributed by atoms with van der Waals surface area (Å²) in [6, 6.07) is 6.55. The number of ether oxygens (including phenoxy) is 1. The molecule has 0 aliphatic heterocycles. The molecule has 0 radical (unpaired) electrons. The van der Waals surface area contributed by atoms with Gasteiger partial charge in [0.25, 0.3) is 6.47 Å². The first kappa shape index (κ1) is 12.6. The molecule has 18 heavy (non-hydrogen) atoms. The Hall–Kier alpha value is -1.88. The lowest BCUT2D eigenvalue weighted by Crippen LogP contribution is -2.26. The Balaban J connectivity index is 2.49. The molecule has 2 rings (SSSR count). The van der Waals surface area contributed by atoms with Crippen LogP contribution < -0.4 is 0 Å². The lowest BCUT2D eigenvalue weighted by atomic mass is 9.96. The van der Waals surface area contributed by atoms with Gasteiger partial charge in [-0.15, -0.1) is 11.3 Å². The summed E-state index contributed by atoms with van der Waals surface area (Å²) in [6.45, 7) is 4.15. The Morgan fingerprint density at radius 3 is 2.56 bits per heavy atom. The number of rotatable bonds is 4. The number of thiazole rings is 1.